The van der Waals surface area contributed by atoms with E-state index < -0.39 is 16.0 Å². The fraction of sp³-hybridized carbons (Fsp3) is 0.286. The fourth-order valence-corrected chi connectivity index (χ4v) is 4.03. The third-order valence-electron chi connectivity index (χ3n) is 4.53. The van der Waals surface area contributed by atoms with E-state index in [9.17, 15) is 13.2 Å². The standard InChI is InChI=1S/C21H24N4O6S/c1-5-31-32(27,28)14-15-7-6-8-16(11-15)19-12-18(21(26)24(2)30-4)23-25(19)17-9-10-20(29-3)22-13-17/h6-13H,5,14H2,1-4H3. The molecule has 0 atom stereocenters. The van der Waals surface area contributed by atoms with Crippen molar-refractivity contribution in [1.82, 2.24) is 19.8 Å². The van der Waals surface area contributed by atoms with Crippen LogP contribution in [0.4, 0.5) is 0 Å². The van der Waals surface area contributed by atoms with Gasteiger partial charge in [-0.25, -0.2) is 14.7 Å². The lowest BCUT2D eigenvalue weighted by molar-refractivity contribution is -0.0760. The Morgan fingerprint density at radius 1 is 1.16 bits per heavy atom. The minimum atomic E-state index is -3.70. The summed E-state index contributed by atoms with van der Waals surface area (Å²) in [7, 11) is 0.676. The molecule has 0 aliphatic carbocycles. The number of aromatic nitrogens is 3. The Bertz CT molecular complexity index is 1190. The summed E-state index contributed by atoms with van der Waals surface area (Å²) in [6, 6.07) is 12.0. The van der Waals surface area contributed by atoms with Gasteiger partial charge in [0, 0.05) is 18.7 Å². The van der Waals surface area contributed by atoms with Gasteiger partial charge in [0.05, 0.1) is 38.4 Å². The third-order valence-corrected chi connectivity index (χ3v) is 5.81. The maximum Gasteiger partial charge on any atom is 0.297 e. The van der Waals surface area contributed by atoms with Crippen molar-refractivity contribution in [3.05, 3.63) is 59.9 Å². The van der Waals surface area contributed by atoms with Crippen molar-refractivity contribution in [2.24, 2.45) is 0 Å². The molecular weight excluding hydrogens is 436 g/mol. The molecule has 1 amide bonds. The van der Waals surface area contributed by atoms with Crippen molar-refractivity contribution >= 4 is 16.0 Å². The van der Waals surface area contributed by atoms with Crippen LogP contribution in [0, 0.1) is 0 Å². The van der Waals surface area contributed by atoms with Crippen LogP contribution in [-0.2, 0) is 24.9 Å². The number of nitrogens with zero attached hydrogens (tertiary/aromatic N) is 4. The SMILES string of the molecule is CCOS(=O)(=O)Cc1cccc(-c2cc(C(=O)N(C)OC)nn2-c2ccc(OC)nc2)c1. The van der Waals surface area contributed by atoms with Gasteiger partial charge in [-0.1, -0.05) is 18.2 Å². The predicted molar refractivity (Wildman–Crippen MR) is 117 cm³/mol. The molecule has 2 aromatic heterocycles. The molecule has 32 heavy (non-hydrogen) atoms. The summed E-state index contributed by atoms with van der Waals surface area (Å²) in [6.45, 7) is 1.68. The molecule has 2 heterocycles. The van der Waals surface area contributed by atoms with E-state index in [1.54, 1.807) is 60.3 Å². The maximum atomic E-state index is 12.6. The third kappa shape index (κ3) is 5.31. The van der Waals surface area contributed by atoms with Crippen LogP contribution in [0.1, 0.15) is 23.0 Å². The number of rotatable bonds is 9. The number of methoxy groups -OCH3 is 1. The molecule has 3 aromatic rings. The van der Waals surface area contributed by atoms with Gasteiger partial charge in [0.15, 0.2) is 5.69 Å². The number of ether oxygens (including phenoxy) is 1. The zero-order chi connectivity index (χ0) is 23.3. The lowest BCUT2D eigenvalue weighted by Gasteiger charge is -2.11. The van der Waals surface area contributed by atoms with Crippen molar-refractivity contribution in [2.45, 2.75) is 12.7 Å². The summed E-state index contributed by atoms with van der Waals surface area (Å²) < 4.78 is 35.6. The molecule has 1 aromatic carbocycles. The first-order chi connectivity index (χ1) is 15.3. The number of hydrogen-bond acceptors (Lipinski definition) is 8. The molecule has 0 aliphatic heterocycles. The van der Waals surface area contributed by atoms with Gasteiger partial charge in [-0.05, 0) is 30.7 Å². The molecule has 0 unspecified atom stereocenters. The highest BCUT2D eigenvalue weighted by Crippen LogP contribution is 2.26. The summed E-state index contributed by atoms with van der Waals surface area (Å²) in [5.74, 6) is -0.282. The van der Waals surface area contributed by atoms with Gasteiger partial charge in [-0.3, -0.25) is 13.8 Å². The van der Waals surface area contributed by atoms with Crippen molar-refractivity contribution in [3.63, 3.8) is 0 Å². The Balaban J connectivity index is 2.09. The van der Waals surface area contributed by atoms with Gasteiger partial charge in [0.2, 0.25) is 5.88 Å². The van der Waals surface area contributed by atoms with E-state index in [2.05, 4.69) is 10.1 Å². The van der Waals surface area contributed by atoms with Crippen molar-refractivity contribution in [3.8, 4) is 22.8 Å². The average Bonchev–Trinajstić information content (AvgIpc) is 3.23. The van der Waals surface area contributed by atoms with Crippen LogP contribution in [0.2, 0.25) is 0 Å². The van der Waals surface area contributed by atoms with Gasteiger partial charge in [0.25, 0.3) is 16.0 Å². The Labute approximate surface area is 186 Å². The van der Waals surface area contributed by atoms with Crippen LogP contribution >= 0.6 is 0 Å². The summed E-state index contributed by atoms with van der Waals surface area (Å²) in [4.78, 5) is 21.8. The van der Waals surface area contributed by atoms with E-state index in [-0.39, 0.29) is 18.1 Å². The molecule has 0 aliphatic rings. The van der Waals surface area contributed by atoms with Crippen LogP contribution in [0.5, 0.6) is 5.88 Å². The predicted octanol–water partition coefficient (Wildman–Crippen LogP) is 2.44. The van der Waals surface area contributed by atoms with Crippen LogP contribution in [0.15, 0.2) is 48.7 Å². The second kappa shape index (κ2) is 9.90. The van der Waals surface area contributed by atoms with E-state index in [1.807, 2.05) is 0 Å². The van der Waals surface area contributed by atoms with E-state index >= 15 is 0 Å². The van der Waals surface area contributed by atoms with Crippen molar-refractivity contribution < 1.29 is 27.0 Å². The summed E-state index contributed by atoms with van der Waals surface area (Å²) >= 11 is 0. The Hall–Kier alpha value is -3.28. The molecule has 0 saturated heterocycles. The zero-order valence-electron chi connectivity index (χ0n) is 18.2. The smallest absolute Gasteiger partial charge is 0.297 e. The molecule has 0 fully saturated rings. The Morgan fingerprint density at radius 2 is 1.94 bits per heavy atom. The number of carbonyl (C=O) groups is 1. The number of carbonyl (C=O) groups excluding carboxylic acids is 1. The largest absolute Gasteiger partial charge is 0.481 e. The quantitative estimate of drug-likeness (QED) is 0.353. The van der Waals surface area contributed by atoms with E-state index in [0.29, 0.717) is 28.4 Å². The topological polar surface area (TPSA) is 113 Å². The first-order valence-electron chi connectivity index (χ1n) is 9.67. The van der Waals surface area contributed by atoms with Gasteiger partial charge in [-0.2, -0.15) is 13.5 Å². The lowest BCUT2D eigenvalue weighted by atomic mass is 10.1. The molecule has 11 heteroatoms. The van der Waals surface area contributed by atoms with Crippen molar-refractivity contribution in [1.29, 1.82) is 0 Å². The van der Waals surface area contributed by atoms with Crippen LogP contribution in [-0.4, -0.2) is 62.0 Å². The second-order valence-electron chi connectivity index (χ2n) is 6.68. The maximum absolute atomic E-state index is 12.6. The second-order valence-corrected chi connectivity index (χ2v) is 8.32. The molecule has 10 nitrogen and oxygen atoms in total. The molecule has 0 spiro atoms. The molecule has 3 rings (SSSR count). The van der Waals surface area contributed by atoms with Crippen LogP contribution in [0.3, 0.4) is 0 Å². The first-order valence-corrected chi connectivity index (χ1v) is 11.2. The Kier molecular flexibility index (Phi) is 7.23. The summed E-state index contributed by atoms with van der Waals surface area (Å²) in [5, 5.41) is 5.50. The molecule has 0 saturated carbocycles. The molecule has 170 valence electrons. The Morgan fingerprint density at radius 3 is 2.56 bits per heavy atom. The monoisotopic (exact) mass is 460 g/mol. The average molecular weight is 461 g/mol. The highest BCUT2D eigenvalue weighted by molar-refractivity contribution is 7.85. The fourth-order valence-electron chi connectivity index (χ4n) is 3.00. The van der Waals surface area contributed by atoms with Crippen molar-refractivity contribution in [2.75, 3.05) is 27.9 Å². The number of hydroxylamine groups is 2. The minimum absolute atomic E-state index is 0.0672. The molecule has 0 bridgehead atoms. The normalized spacial score (nSPS) is 11.4. The lowest BCUT2D eigenvalue weighted by Crippen LogP contribution is -2.25. The van der Waals surface area contributed by atoms with Gasteiger partial charge >= 0.3 is 0 Å². The summed E-state index contributed by atoms with van der Waals surface area (Å²) in [6.07, 6.45) is 1.56. The van der Waals surface area contributed by atoms with E-state index in [1.165, 1.54) is 21.3 Å². The number of pyridine rings is 1. The number of amides is 1. The summed E-state index contributed by atoms with van der Waals surface area (Å²) in [5.41, 5.74) is 2.51. The van der Waals surface area contributed by atoms with E-state index in [0.717, 1.165) is 5.06 Å². The van der Waals surface area contributed by atoms with Crippen LogP contribution < -0.4 is 4.74 Å². The first kappa shape index (κ1) is 23.4. The molecule has 0 radical (unpaired) electrons. The zero-order valence-corrected chi connectivity index (χ0v) is 19.0. The van der Waals surface area contributed by atoms with Gasteiger partial charge in [-0.15, -0.1) is 0 Å². The molecule has 0 N–H and O–H groups in total. The molecular formula is C21H24N4O6S. The number of hydrogen-bond donors (Lipinski definition) is 0. The highest BCUT2D eigenvalue weighted by atomic mass is 32.2. The highest BCUT2D eigenvalue weighted by Gasteiger charge is 2.21. The van der Waals surface area contributed by atoms with E-state index in [4.69, 9.17) is 13.8 Å². The van der Waals surface area contributed by atoms with Gasteiger partial charge in [0.1, 0.15) is 5.75 Å². The minimum Gasteiger partial charge on any atom is -0.481 e. The number of benzene rings is 1. The van der Waals surface area contributed by atoms with Gasteiger partial charge < -0.3 is 4.74 Å². The van der Waals surface area contributed by atoms with Crippen LogP contribution in [0.25, 0.3) is 16.9 Å².